The van der Waals surface area contributed by atoms with Crippen molar-refractivity contribution in [3.05, 3.63) is 0 Å². The first-order chi connectivity index (χ1) is 5.43. The maximum absolute atomic E-state index is 5.17. The average Bonchev–Trinajstić information content (AvgIpc) is 1.93. The van der Waals surface area contributed by atoms with Crippen molar-refractivity contribution >= 4 is 0 Å². The SMILES string of the molecule is CCCCCCCN1CCO1. The van der Waals surface area contributed by atoms with E-state index in [1.54, 1.807) is 0 Å². The maximum atomic E-state index is 5.17. The van der Waals surface area contributed by atoms with Gasteiger partial charge in [-0.2, -0.15) is 5.06 Å². The molecule has 0 aromatic heterocycles. The third-order valence-corrected chi connectivity index (χ3v) is 2.13. The Balaban J connectivity index is 1.73. The van der Waals surface area contributed by atoms with E-state index in [1.807, 2.05) is 0 Å². The Morgan fingerprint density at radius 3 is 2.45 bits per heavy atom. The van der Waals surface area contributed by atoms with E-state index >= 15 is 0 Å². The van der Waals surface area contributed by atoms with Crippen molar-refractivity contribution < 1.29 is 4.84 Å². The van der Waals surface area contributed by atoms with Gasteiger partial charge < -0.3 is 0 Å². The third kappa shape index (κ3) is 3.73. The molecule has 1 aliphatic heterocycles. The highest BCUT2D eigenvalue weighted by Crippen LogP contribution is 2.07. The molecule has 66 valence electrons. The van der Waals surface area contributed by atoms with E-state index in [-0.39, 0.29) is 0 Å². The first-order valence-electron chi connectivity index (χ1n) is 4.81. The first kappa shape index (κ1) is 9.01. The van der Waals surface area contributed by atoms with Crippen molar-refractivity contribution in [2.75, 3.05) is 19.7 Å². The number of hydrogen-bond acceptors (Lipinski definition) is 2. The van der Waals surface area contributed by atoms with E-state index in [2.05, 4.69) is 12.0 Å². The summed E-state index contributed by atoms with van der Waals surface area (Å²) in [6, 6.07) is 0. The van der Waals surface area contributed by atoms with E-state index in [0.29, 0.717) is 0 Å². The summed E-state index contributed by atoms with van der Waals surface area (Å²) in [6.07, 6.45) is 6.79. The van der Waals surface area contributed by atoms with Gasteiger partial charge in [0.2, 0.25) is 0 Å². The molecule has 1 rings (SSSR count). The van der Waals surface area contributed by atoms with Gasteiger partial charge in [0.05, 0.1) is 6.61 Å². The summed E-state index contributed by atoms with van der Waals surface area (Å²) in [5.41, 5.74) is 0. The summed E-state index contributed by atoms with van der Waals surface area (Å²) in [4.78, 5) is 5.17. The summed E-state index contributed by atoms with van der Waals surface area (Å²) in [5.74, 6) is 0. The van der Waals surface area contributed by atoms with Crippen molar-refractivity contribution in [2.45, 2.75) is 39.0 Å². The Bertz CT molecular complexity index is 91.6. The van der Waals surface area contributed by atoms with Crippen molar-refractivity contribution in [1.82, 2.24) is 5.06 Å². The Hall–Kier alpha value is -0.0800. The summed E-state index contributed by atoms with van der Waals surface area (Å²) >= 11 is 0. The van der Waals surface area contributed by atoms with Crippen molar-refractivity contribution in [3.63, 3.8) is 0 Å². The summed E-state index contributed by atoms with van der Waals surface area (Å²) < 4.78 is 0. The number of rotatable bonds is 6. The van der Waals surface area contributed by atoms with Gasteiger partial charge in [-0.3, -0.25) is 4.84 Å². The van der Waals surface area contributed by atoms with E-state index in [9.17, 15) is 0 Å². The van der Waals surface area contributed by atoms with E-state index < -0.39 is 0 Å². The highest BCUT2D eigenvalue weighted by Gasteiger charge is 2.12. The second-order valence-electron chi connectivity index (χ2n) is 3.18. The van der Waals surface area contributed by atoms with Crippen LogP contribution in [0, 0.1) is 0 Å². The number of nitrogens with zero attached hydrogens (tertiary/aromatic N) is 1. The fourth-order valence-electron chi connectivity index (χ4n) is 1.29. The van der Waals surface area contributed by atoms with Crippen molar-refractivity contribution in [3.8, 4) is 0 Å². The lowest BCUT2D eigenvalue weighted by molar-refractivity contribution is -0.246. The Labute approximate surface area is 69.5 Å². The van der Waals surface area contributed by atoms with Crippen LogP contribution >= 0.6 is 0 Å². The largest absolute Gasteiger partial charge is 0.297 e. The van der Waals surface area contributed by atoms with Gasteiger partial charge in [-0.05, 0) is 6.42 Å². The quantitative estimate of drug-likeness (QED) is 0.548. The van der Waals surface area contributed by atoms with Crippen LogP contribution in [0.25, 0.3) is 0 Å². The zero-order valence-electron chi connectivity index (χ0n) is 7.51. The molecule has 0 aromatic rings. The molecule has 0 spiro atoms. The molecule has 1 aliphatic rings. The van der Waals surface area contributed by atoms with Crippen molar-refractivity contribution in [1.29, 1.82) is 0 Å². The fourth-order valence-corrected chi connectivity index (χ4v) is 1.29. The van der Waals surface area contributed by atoms with E-state index in [0.717, 1.165) is 19.7 Å². The van der Waals surface area contributed by atoms with Gasteiger partial charge in [-0.15, -0.1) is 0 Å². The molecule has 0 aromatic carbocycles. The van der Waals surface area contributed by atoms with Gasteiger partial charge in [0, 0.05) is 13.1 Å². The lowest BCUT2D eigenvalue weighted by atomic mass is 10.1. The van der Waals surface area contributed by atoms with Crippen LogP contribution in [0.4, 0.5) is 0 Å². The van der Waals surface area contributed by atoms with Crippen LogP contribution in [0.1, 0.15) is 39.0 Å². The van der Waals surface area contributed by atoms with Crippen LogP contribution in [-0.4, -0.2) is 24.8 Å². The normalized spacial score (nSPS) is 18.3. The minimum absolute atomic E-state index is 0.939. The molecule has 0 N–H and O–H groups in total. The van der Waals surface area contributed by atoms with Gasteiger partial charge in [-0.1, -0.05) is 32.6 Å². The second kappa shape index (κ2) is 5.56. The predicted molar refractivity (Wildman–Crippen MR) is 46.3 cm³/mol. The predicted octanol–water partition coefficient (Wildman–Crippen LogP) is 2.20. The minimum atomic E-state index is 0.939. The summed E-state index contributed by atoms with van der Waals surface area (Å²) in [6.45, 7) is 5.48. The molecular weight excluding hydrogens is 138 g/mol. The third-order valence-electron chi connectivity index (χ3n) is 2.13. The minimum Gasteiger partial charge on any atom is -0.297 e. The van der Waals surface area contributed by atoms with Crippen molar-refractivity contribution in [2.24, 2.45) is 0 Å². The molecule has 1 heterocycles. The van der Waals surface area contributed by atoms with Gasteiger partial charge in [0.25, 0.3) is 0 Å². The van der Waals surface area contributed by atoms with Gasteiger partial charge in [0.15, 0.2) is 0 Å². The molecule has 0 radical (unpaired) electrons. The number of hydrogen-bond donors (Lipinski definition) is 0. The van der Waals surface area contributed by atoms with Crippen LogP contribution in [0.3, 0.4) is 0 Å². The molecule has 0 bridgehead atoms. The molecule has 2 nitrogen and oxygen atoms in total. The van der Waals surface area contributed by atoms with Crippen LogP contribution < -0.4 is 0 Å². The summed E-state index contributed by atoms with van der Waals surface area (Å²) in [7, 11) is 0. The van der Waals surface area contributed by atoms with E-state index in [4.69, 9.17) is 4.84 Å². The van der Waals surface area contributed by atoms with Crippen LogP contribution in [0.2, 0.25) is 0 Å². The molecule has 2 heteroatoms. The average molecular weight is 157 g/mol. The van der Waals surface area contributed by atoms with Gasteiger partial charge in [-0.25, -0.2) is 0 Å². The maximum Gasteiger partial charge on any atom is 0.0835 e. The highest BCUT2D eigenvalue weighted by molar-refractivity contribution is 4.53. The molecule has 0 aliphatic carbocycles. The Morgan fingerprint density at radius 1 is 1.18 bits per heavy atom. The number of unbranched alkanes of at least 4 members (excludes halogenated alkanes) is 4. The molecule has 0 atom stereocenters. The molecule has 0 saturated carbocycles. The van der Waals surface area contributed by atoms with E-state index in [1.165, 1.54) is 32.1 Å². The highest BCUT2D eigenvalue weighted by atomic mass is 16.7. The van der Waals surface area contributed by atoms with Gasteiger partial charge >= 0.3 is 0 Å². The summed E-state index contributed by atoms with van der Waals surface area (Å²) in [5, 5.41) is 2.06. The molecule has 0 unspecified atom stereocenters. The lowest BCUT2D eigenvalue weighted by Gasteiger charge is -2.29. The van der Waals surface area contributed by atoms with Crippen LogP contribution in [-0.2, 0) is 4.84 Å². The molecule has 1 fully saturated rings. The topological polar surface area (TPSA) is 12.5 Å². The second-order valence-corrected chi connectivity index (χ2v) is 3.18. The van der Waals surface area contributed by atoms with Crippen LogP contribution in [0.5, 0.6) is 0 Å². The monoisotopic (exact) mass is 157 g/mol. The molecular formula is C9H19NO. The molecule has 11 heavy (non-hydrogen) atoms. The fraction of sp³-hybridized carbons (Fsp3) is 1.00. The zero-order valence-corrected chi connectivity index (χ0v) is 7.51. The standard InChI is InChI=1S/C9H19NO/c1-2-3-4-5-6-7-10-8-9-11-10/h2-9H2,1H3. The first-order valence-corrected chi connectivity index (χ1v) is 4.81. The van der Waals surface area contributed by atoms with Crippen LogP contribution in [0.15, 0.2) is 0 Å². The van der Waals surface area contributed by atoms with Gasteiger partial charge in [0.1, 0.15) is 0 Å². The molecule has 0 amide bonds. The molecule has 1 saturated heterocycles. The lowest BCUT2D eigenvalue weighted by Crippen LogP contribution is -2.39. The Kier molecular flexibility index (Phi) is 4.55. The number of hydroxylamine groups is 2. The smallest absolute Gasteiger partial charge is 0.0835 e. The zero-order chi connectivity index (χ0) is 7.94. The Morgan fingerprint density at radius 2 is 1.91 bits per heavy atom.